The van der Waals surface area contributed by atoms with Gasteiger partial charge < -0.3 is 24.3 Å². The summed E-state index contributed by atoms with van der Waals surface area (Å²) in [6.07, 6.45) is 0. The number of ether oxygens (including phenoxy) is 2. The lowest BCUT2D eigenvalue weighted by Crippen LogP contribution is -2.35. The number of aromatic nitrogens is 2. The van der Waals surface area contributed by atoms with Gasteiger partial charge in [0.15, 0.2) is 11.5 Å². The molecule has 1 heterocycles. The number of fused-ring (bicyclic) bond motifs is 1. The van der Waals surface area contributed by atoms with Crippen LogP contribution in [0.3, 0.4) is 0 Å². The second-order valence-corrected chi connectivity index (χ2v) is 7.38. The monoisotopic (exact) mass is 438 g/mol. The summed E-state index contributed by atoms with van der Waals surface area (Å²) >= 11 is 0. The number of carbonyl (C=O) groups is 2. The number of benzene rings is 2. The predicted molar refractivity (Wildman–Crippen MR) is 123 cm³/mol. The van der Waals surface area contributed by atoms with E-state index in [0.717, 1.165) is 11.0 Å². The van der Waals surface area contributed by atoms with Gasteiger partial charge in [-0.2, -0.15) is 0 Å². The molecule has 1 N–H and O–H groups in total. The van der Waals surface area contributed by atoms with Crippen molar-refractivity contribution in [1.82, 2.24) is 19.8 Å². The Bertz CT molecular complexity index is 1100. The van der Waals surface area contributed by atoms with E-state index in [0.29, 0.717) is 36.0 Å². The van der Waals surface area contributed by atoms with E-state index in [2.05, 4.69) is 5.32 Å². The van der Waals surface area contributed by atoms with Crippen molar-refractivity contribution in [2.45, 2.75) is 33.4 Å². The van der Waals surface area contributed by atoms with E-state index >= 15 is 0 Å². The third kappa shape index (κ3) is 4.69. The Labute approximate surface area is 188 Å². The van der Waals surface area contributed by atoms with Crippen molar-refractivity contribution in [3.05, 3.63) is 53.9 Å². The number of methoxy groups -OCH3 is 2. The molecule has 8 nitrogen and oxygen atoms in total. The zero-order valence-corrected chi connectivity index (χ0v) is 19.2. The predicted octanol–water partition coefficient (Wildman–Crippen LogP) is 3.41. The van der Waals surface area contributed by atoms with Gasteiger partial charge in [-0.3, -0.25) is 9.59 Å². The molecule has 2 amide bonds. The van der Waals surface area contributed by atoms with E-state index in [1.54, 1.807) is 30.2 Å². The number of carbonyl (C=O) groups excluding carboxylic acids is 2. The van der Waals surface area contributed by atoms with Crippen molar-refractivity contribution < 1.29 is 19.1 Å². The summed E-state index contributed by atoms with van der Waals surface area (Å²) in [7, 11) is 3.07. The maximum Gasteiger partial charge on any atom is 0.251 e. The van der Waals surface area contributed by atoms with Gasteiger partial charge in [0.05, 0.1) is 31.3 Å². The van der Waals surface area contributed by atoms with E-state index < -0.39 is 6.04 Å². The Morgan fingerprint density at radius 2 is 1.75 bits per heavy atom. The van der Waals surface area contributed by atoms with Gasteiger partial charge in [0.1, 0.15) is 12.4 Å². The Morgan fingerprint density at radius 1 is 1.06 bits per heavy atom. The molecule has 0 saturated carbocycles. The topological polar surface area (TPSA) is 85.7 Å². The number of rotatable bonds is 9. The summed E-state index contributed by atoms with van der Waals surface area (Å²) in [5.41, 5.74) is 2.08. The Kier molecular flexibility index (Phi) is 7.35. The average Bonchev–Trinajstić information content (AvgIpc) is 3.17. The largest absolute Gasteiger partial charge is 0.493 e. The first-order valence-electron chi connectivity index (χ1n) is 10.7. The van der Waals surface area contributed by atoms with Crippen LogP contribution in [0.4, 0.5) is 0 Å². The zero-order chi connectivity index (χ0) is 23.3. The fourth-order valence-electron chi connectivity index (χ4n) is 3.72. The highest BCUT2D eigenvalue weighted by atomic mass is 16.5. The highest BCUT2D eigenvalue weighted by molar-refractivity contribution is 5.95. The van der Waals surface area contributed by atoms with Gasteiger partial charge in [-0.15, -0.1) is 0 Å². The highest BCUT2D eigenvalue weighted by Crippen LogP contribution is 2.28. The van der Waals surface area contributed by atoms with Gasteiger partial charge in [0.2, 0.25) is 5.91 Å². The molecule has 170 valence electrons. The molecule has 0 aliphatic heterocycles. The number of imidazole rings is 1. The first-order chi connectivity index (χ1) is 15.4. The molecule has 0 spiro atoms. The van der Waals surface area contributed by atoms with Gasteiger partial charge in [-0.1, -0.05) is 12.1 Å². The van der Waals surface area contributed by atoms with Gasteiger partial charge in [0, 0.05) is 18.7 Å². The lowest BCUT2D eigenvalue weighted by molar-refractivity contribution is -0.131. The van der Waals surface area contributed by atoms with Crippen LogP contribution in [0.1, 0.15) is 43.0 Å². The number of hydrogen-bond acceptors (Lipinski definition) is 5. The molecular formula is C24H30N4O4. The van der Waals surface area contributed by atoms with E-state index in [9.17, 15) is 9.59 Å². The number of nitrogens with zero attached hydrogens (tertiary/aromatic N) is 3. The highest BCUT2D eigenvalue weighted by Gasteiger charge is 2.22. The van der Waals surface area contributed by atoms with Crippen LogP contribution in [0.15, 0.2) is 42.5 Å². The minimum Gasteiger partial charge on any atom is -0.493 e. The molecule has 0 fully saturated rings. The lowest BCUT2D eigenvalue weighted by Gasteiger charge is -2.21. The summed E-state index contributed by atoms with van der Waals surface area (Å²) in [4.78, 5) is 32.3. The second kappa shape index (κ2) is 10.2. The van der Waals surface area contributed by atoms with E-state index in [1.807, 2.05) is 49.6 Å². The summed E-state index contributed by atoms with van der Waals surface area (Å²) in [6.45, 7) is 7.22. The van der Waals surface area contributed by atoms with Crippen molar-refractivity contribution in [1.29, 1.82) is 0 Å². The SMILES string of the molecule is CCN(CC)C(=O)Cn1c(C(C)NC(=O)c2ccc(OC)c(OC)c2)nc2ccccc21. The van der Waals surface area contributed by atoms with Crippen molar-refractivity contribution in [2.75, 3.05) is 27.3 Å². The minimum absolute atomic E-state index is 0.0119. The average molecular weight is 439 g/mol. The summed E-state index contributed by atoms with van der Waals surface area (Å²) in [6, 6.07) is 12.2. The maximum atomic E-state index is 12.9. The molecule has 32 heavy (non-hydrogen) atoms. The number of nitrogens with one attached hydrogen (secondary N) is 1. The molecule has 0 radical (unpaired) electrons. The molecule has 1 atom stereocenters. The van der Waals surface area contributed by atoms with Crippen LogP contribution >= 0.6 is 0 Å². The summed E-state index contributed by atoms with van der Waals surface area (Å²) < 4.78 is 12.4. The summed E-state index contributed by atoms with van der Waals surface area (Å²) in [5, 5.41) is 2.99. The molecule has 3 aromatic rings. The molecule has 1 unspecified atom stereocenters. The molecule has 3 rings (SSSR count). The molecule has 1 aromatic heterocycles. The molecule has 0 saturated heterocycles. The fourth-order valence-corrected chi connectivity index (χ4v) is 3.72. The summed E-state index contributed by atoms with van der Waals surface area (Å²) in [5.74, 6) is 1.39. The van der Waals surface area contributed by atoms with E-state index in [1.165, 1.54) is 7.11 Å². The first-order valence-corrected chi connectivity index (χ1v) is 10.7. The van der Waals surface area contributed by atoms with Gasteiger partial charge in [-0.25, -0.2) is 4.98 Å². The van der Waals surface area contributed by atoms with Gasteiger partial charge in [0.25, 0.3) is 5.91 Å². The van der Waals surface area contributed by atoms with Crippen LogP contribution in [0, 0.1) is 0 Å². The standard InChI is InChI=1S/C24H30N4O4/c1-6-27(7-2)22(29)15-28-19-11-9-8-10-18(19)26-23(28)16(3)25-24(30)17-12-13-20(31-4)21(14-17)32-5/h8-14,16H,6-7,15H2,1-5H3,(H,25,30). The number of amides is 2. The van der Waals surface area contributed by atoms with Crippen LogP contribution in [-0.2, 0) is 11.3 Å². The molecule has 0 bridgehead atoms. The van der Waals surface area contributed by atoms with Crippen molar-refractivity contribution in [3.8, 4) is 11.5 Å². The third-order valence-corrected chi connectivity index (χ3v) is 5.47. The molecule has 0 aliphatic rings. The van der Waals surface area contributed by atoms with Gasteiger partial charge in [-0.05, 0) is 51.1 Å². The van der Waals surface area contributed by atoms with Crippen LogP contribution in [0.25, 0.3) is 11.0 Å². The minimum atomic E-state index is -0.424. The maximum absolute atomic E-state index is 12.9. The number of para-hydroxylation sites is 2. The van der Waals surface area contributed by atoms with Gasteiger partial charge >= 0.3 is 0 Å². The third-order valence-electron chi connectivity index (χ3n) is 5.47. The van der Waals surface area contributed by atoms with Crippen LogP contribution < -0.4 is 14.8 Å². The zero-order valence-electron chi connectivity index (χ0n) is 19.2. The molecular weight excluding hydrogens is 408 g/mol. The van der Waals surface area contributed by atoms with Crippen LogP contribution in [0.5, 0.6) is 11.5 Å². The fraction of sp³-hybridized carbons (Fsp3) is 0.375. The molecule has 8 heteroatoms. The molecule has 0 aliphatic carbocycles. The van der Waals surface area contributed by atoms with E-state index in [4.69, 9.17) is 14.5 Å². The van der Waals surface area contributed by atoms with E-state index in [-0.39, 0.29) is 18.4 Å². The Hall–Kier alpha value is -3.55. The Balaban J connectivity index is 1.90. The normalized spacial score (nSPS) is 11.8. The van der Waals surface area contributed by atoms with Crippen molar-refractivity contribution >= 4 is 22.8 Å². The quantitative estimate of drug-likeness (QED) is 0.553. The second-order valence-electron chi connectivity index (χ2n) is 7.38. The van der Waals surface area contributed by atoms with Crippen LogP contribution in [-0.4, -0.2) is 53.6 Å². The molecule has 2 aromatic carbocycles. The number of hydrogen-bond donors (Lipinski definition) is 1. The van der Waals surface area contributed by atoms with Crippen LogP contribution in [0.2, 0.25) is 0 Å². The first kappa shape index (κ1) is 23.1. The Morgan fingerprint density at radius 3 is 2.41 bits per heavy atom. The van der Waals surface area contributed by atoms with Crippen molar-refractivity contribution in [2.24, 2.45) is 0 Å². The number of likely N-dealkylation sites (N-methyl/N-ethyl adjacent to an activating group) is 1. The lowest BCUT2D eigenvalue weighted by atomic mass is 10.1. The smallest absolute Gasteiger partial charge is 0.251 e. The van der Waals surface area contributed by atoms with Crippen molar-refractivity contribution in [3.63, 3.8) is 0 Å².